The lowest BCUT2D eigenvalue weighted by Gasteiger charge is -2.12. The third-order valence-corrected chi connectivity index (χ3v) is 4.47. The van der Waals surface area contributed by atoms with E-state index in [4.69, 9.17) is 4.42 Å². The largest absolute Gasteiger partial charge is 0.455 e. The standard InChI is InChI=1S/C14H17N3O2S/c1-16-9-6-15-14(16)20-10-11-4-5-12(19-11)13(18)17-7-2-3-8-17/h4-6,9H,2-3,7-8,10H2,1H3. The molecule has 0 saturated carbocycles. The van der Waals surface area contributed by atoms with Gasteiger partial charge in [0.15, 0.2) is 10.9 Å². The molecule has 0 aromatic carbocycles. The molecule has 0 atom stereocenters. The number of nitrogens with zero attached hydrogens (tertiary/aromatic N) is 3. The molecule has 1 aliphatic heterocycles. The molecule has 5 nitrogen and oxygen atoms in total. The first-order valence-corrected chi connectivity index (χ1v) is 7.71. The van der Waals surface area contributed by atoms with Gasteiger partial charge in [0.2, 0.25) is 0 Å². The average molecular weight is 291 g/mol. The Balaban J connectivity index is 1.62. The van der Waals surface area contributed by atoms with E-state index in [1.54, 1.807) is 24.0 Å². The number of rotatable bonds is 4. The number of likely N-dealkylation sites (tertiary alicyclic amines) is 1. The van der Waals surface area contributed by atoms with Crippen LogP contribution >= 0.6 is 11.8 Å². The zero-order valence-electron chi connectivity index (χ0n) is 11.4. The molecule has 106 valence electrons. The number of thioether (sulfide) groups is 1. The average Bonchev–Trinajstić information content (AvgIpc) is 3.18. The zero-order valence-corrected chi connectivity index (χ0v) is 12.2. The second kappa shape index (κ2) is 5.75. The number of hydrogen-bond acceptors (Lipinski definition) is 4. The van der Waals surface area contributed by atoms with Crippen molar-refractivity contribution in [2.75, 3.05) is 13.1 Å². The fourth-order valence-electron chi connectivity index (χ4n) is 2.27. The maximum absolute atomic E-state index is 12.2. The number of aromatic nitrogens is 2. The Bertz CT molecular complexity index is 599. The first-order valence-electron chi connectivity index (χ1n) is 6.72. The normalized spacial score (nSPS) is 14.9. The molecule has 2 aromatic heterocycles. The van der Waals surface area contributed by atoms with Crippen molar-refractivity contribution in [3.63, 3.8) is 0 Å². The van der Waals surface area contributed by atoms with Crippen LogP contribution in [0, 0.1) is 0 Å². The molecular formula is C14H17N3O2S. The molecule has 0 bridgehead atoms. The summed E-state index contributed by atoms with van der Waals surface area (Å²) in [5, 5.41) is 0.939. The highest BCUT2D eigenvalue weighted by molar-refractivity contribution is 7.98. The summed E-state index contributed by atoms with van der Waals surface area (Å²) < 4.78 is 7.61. The summed E-state index contributed by atoms with van der Waals surface area (Å²) in [7, 11) is 1.96. The number of carbonyl (C=O) groups excluding carboxylic acids is 1. The van der Waals surface area contributed by atoms with Crippen molar-refractivity contribution >= 4 is 17.7 Å². The Kier molecular flexibility index (Phi) is 3.82. The Hall–Kier alpha value is -1.69. The maximum Gasteiger partial charge on any atom is 0.289 e. The molecule has 0 aliphatic carbocycles. The van der Waals surface area contributed by atoms with Crippen LogP contribution in [-0.2, 0) is 12.8 Å². The highest BCUT2D eigenvalue weighted by atomic mass is 32.2. The number of aryl methyl sites for hydroxylation is 1. The number of furan rings is 1. The molecule has 0 unspecified atom stereocenters. The van der Waals surface area contributed by atoms with Gasteiger partial charge in [0.1, 0.15) is 5.76 Å². The van der Waals surface area contributed by atoms with Crippen LogP contribution < -0.4 is 0 Å². The quantitative estimate of drug-likeness (QED) is 0.812. The smallest absolute Gasteiger partial charge is 0.289 e. The van der Waals surface area contributed by atoms with Gasteiger partial charge in [0.05, 0.1) is 5.75 Å². The van der Waals surface area contributed by atoms with Crippen LogP contribution in [0.15, 0.2) is 34.1 Å². The van der Waals surface area contributed by atoms with E-state index in [1.807, 2.05) is 28.8 Å². The van der Waals surface area contributed by atoms with Crippen LogP contribution in [0.2, 0.25) is 0 Å². The zero-order chi connectivity index (χ0) is 13.9. The monoisotopic (exact) mass is 291 g/mol. The molecule has 1 fully saturated rings. The van der Waals surface area contributed by atoms with Gasteiger partial charge in [-0.05, 0) is 25.0 Å². The molecule has 6 heteroatoms. The highest BCUT2D eigenvalue weighted by Gasteiger charge is 2.22. The van der Waals surface area contributed by atoms with Gasteiger partial charge in [0.25, 0.3) is 5.91 Å². The van der Waals surface area contributed by atoms with Crippen molar-refractivity contribution in [3.05, 3.63) is 36.0 Å². The molecule has 0 N–H and O–H groups in total. The Morgan fingerprint density at radius 3 is 2.90 bits per heavy atom. The molecule has 1 aliphatic rings. The van der Waals surface area contributed by atoms with Crippen LogP contribution in [0.4, 0.5) is 0 Å². The molecule has 0 radical (unpaired) electrons. The lowest BCUT2D eigenvalue weighted by Crippen LogP contribution is -2.27. The van der Waals surface area contributed by atoms with Crippen molar-refractivity contribution in [1.29, 1.82) is 0 Å². The van der Waals surface area contributed by atoms with Crippen molar-refractivity contribution in [2.24, 2.45) is 7.05 Å². The van der Waals surface area contributed by atoms with Gasteiger partial charge in [-0.1, -0.05) is 11.8 Å². The summed E-state index contributed by atoms with van der Waals surface area (Å²) in [5.74, 6) is 1.94. The van der Waals surface area contributed by atoms with Gasteiger partial charge >= 0.3 is 0 Å². The number of carbonyl (C=O) groups is 1. The molecule has 0 spiro atoms. The topological polar surface area (TPSA) is 51.3 Å². The molecule has 1 saturated heterocycles. The lowest BCUT2D eigenvalue weighted by atomic mass is 10.4. The summed E-state index contributed by atoms with van der Waals surface area (Å²) in [6.45, 7) is 1.69. The fourth-order valence-corrected chi connectivity index (χ4v) is 3.10. The van der Waals surface area contributed by atoms with Gasteiger partial charge in [-0.25, -0.2) is 4.98 Å². The molecule has 2 aromatic rings. The van der Waals surface area contributed by atoms with Crippen LogP contribution in [0.25, 0.3) is 0 Å². The lowest BCUT2D eigenvalue weighted by molar-refractivity contribution is 0.0760. The minimum atomic E-state index is 0.00995. The summed E-state index contributed by atoms with van der Waals surface area (Å²) in [6, 6.07) is 3.65. The van der Waals surface area contributed by atoms with E-state index in [2.05, 4.69) is 4.98 Å². The molecule has 3 rings (SSSR count). The number of amides is 1. The molecule has 1 amide bonds. The SMILES string of the molecule is Cn1ccnc1SCc1ccc(C(=O)N2CCCC2)o1. The van der Waals surface area contributed by atoms with E-state index in [0.717, 1.165) is 36.8 Å². The predicted octanol–water partition coefficient (Wildman–Crippen LogP) is 2.54. The van der Waals surface area contributed by atoms with Crippen molar-refractivity contribution in [2.45, 2.75) is 23.8 Å². The third-order valence-electron chi connectivity index (χ3n) is 3.39. The van der Waals surface area contributed by atoms with E-state index >= 15 is 0 Å². The van der Waals surface area contributed by atoms with E-state index in [1.165, 1.54) is 0 Å². The summed E-state index contributed by atoms with van der Waals surface area (Å²) in [5.41, 5.74) is 0. The second-order valence-corrected chi connectivity index (χ2v) is 5.82. The Labute approximate surface area is 122 Å². The first kappa shape index (κ1) is 13.3. The van der Waals surface area contributed by atoms with E-state index < -0.39 is 0 Å². The number of imidazole rings is 1. The minimum absolute atomic E-state index is 0.00995. The minimum Gasteiger partial charge on any atom is -0.455 e. The predicted molar refractivity (Wildman–Crippen MR) is 76.6 cm³/mol. The van der Waals surface area contributed by atoms with Gasteiger partial charge in [0, 0.05) is 32.5 Å². The van der Waals surface area contributed by atoms with Gasteiger partial charge in [-0.15, -0.1) is 0 Å². The van der Waals surface area contributed by atoms with Crippen molar-refractivity contribution in [3.8, 4) is 0 Å². The van der Waals surface area contributed by atoms with Crippen molar-refractivity contribution < 1.29 is 9.21 Å². The van der Waals surface area contributed by atoms with Crippen LogP contribution in [0.3, 0.4) is 0 Å². The van der Waals surface area contributed by atoms with Gasteiger partial charge in [-0.3, -0.25) is 4.79 Å². The maximum atomic E-state index is 12.2. The van der Waals surface area contributed by atoms with Gasteiger partial charge < -0.3 is 13.9 Å². The Morgan fingerprint density at radius 1 is 1.40 bits per heavy atom. The molecule has 20 heavy (non-hydrogen) atoms. The van der Waals surface area contributed by atoms with E-state index in [-0.39, 0.29) is 5.91 Å². The van der Waals surface area contributed by atoms with Crippen LogP contribution in [0.1, 0.15) is 29.2 Å². The number of hydrogen-bond donors (Lipinski definition) is 0. The first-order chi connectivity index (χ1) is 9.74. The van der Waals surface area contributed by atoms with E-state index in [0.29, 0.717) is 11.5 Å². The molecule has 3 heterocycles. The van der Waals surface area contributed by atoms with Gasteiger partial charge in [-0.2, -0.15) is 0 Å². The molecular weight excluding hydrogens is 274 g/mol. The second-order valence-electron chi connectivity index (χ2n) is 4.87. The summed E-state index contributed by atoms with van der Waals surface area (Å²) >= 11 is 1.60. The fraction of sp³-hybridized carbons (Fsp3) is 0.429. The summed E-state index contributed by atoms with van der Waals surface area (Å²) in [4.78, 5) is 18.3. The Morgan fingerprint density at radius 2 is 2.20 bits per heavy atom. The third kappa shape index (κ3) is 2.75. The van der Waals surface area contributed by atoms with Crippen LogP contribution in [0.5, 0.6) is 0 Å². The van der Waals surface area contributed by atoms with Crippen LogP contribution in [-0.4, -0.2) is 33.4 Å². The summed E-state index contributed by atoms with van der Waals surface area (Å²) in [6.07, 6.45) is 5.86. The van der Waals surface area contributed by atoms with Crippen molar-refractivity contribution in [1.82, 2.24) is 14.5 Å². The highest BCUT2D eigenvalue weighted by Crippen LogP contribution is 2.23. The van der Waals surface area contributed by atoms with E-state index in [9.17, 15) is 4.79 Å².